The van der Waals surface area contributed by atoms with Gasteiger partial charge in [-0.1, -0.05) is 6.92 Å². The minimum Gasteiger partial charge on any atom is -0.368 e. The van der Waals surface area contributed by atoms with Crippen molar-refractivity contribution in [2.45, 2.75) is 20.3 Å². The fourth-order valence-corrected chi connectivity index (χ4v) is 4.17. The number of nitrogens with one attached hydrogen (secondary N) is 1. The molecule has 1 aromatic carbocycles. The van der Waals surface area contributed by atoms with Gasteiger partial charge in [0.2, 0.25) is 10.0 Å². The quantitative estimate of drug-likeness (QED) is 0.398. The molecular formula is C19H32FN5O2S. The zero-order valence-electron chi connectivity index (χ0n) is 17.1. The van der Waals surface area contributed by atoms with Gasteiger partial charge < -0.3 is 15.1 Å². The Balaban J connectivity index is 1.88. The molecule has 0 radical (unpaired) electrons. The van der Waals surface area contributed by atoms with Crippen LogP contribution in [0.25, 0.3) is 0 Å². The van der Waals surface area contributed by atoms with E-state index in [9.17, 15) is 12.8 Å². The number of hydrogen-bond acceptors (Lipinski definition) is 4. The minimum atomic E-state index is -3.15. The fourth-order valence-electron chi connectivity index (χ4n) is 3.24. The van der Waals surface area contributed by atoms with E-state index < -0.39 is 10.0 Å². The molecule has 28 heavy (non-hydrogen) atoms. The van der Waals surface area contributed by atoms with Gasteiger partial charge >= 0.3 is 0 Å². The fraction of sp³-hybridized carbons (Fsp3) is 0.632. The summed E-state index contributed by atoms with van der Waals surface area (Å²) in [6.07, 6.45) is 1.93. The van der Waals surface area contributed by atoms with Crippen LogP contribution in [0.3, 0.4) is 0 Å². The molecule has 0 bridgehead atoms. The van der Waals surface area contributed by atoms with Gasteiger partial charge in [-0.2, -0.15) is 0 Å². The van der Waals surface area contributed by atoms with Crippen LogP contribution in [0.5, 0.6) is 0 Å². The molecule has 1 aliphatic heterocycles. The first-order valence-corrected chi connectivity index (χ1v) is 11.7. The number of anilines is 1. The van der Waals surface area contributed by atoms with E-state index in [1.165, 1.54) is 22.7 Å². The molecule has 0 atom stereocenters. The molecule has 0 saturated carbocycles. The van der Waals surface area contributed by atoms with Crippen molar-refractivity contribution in [2.24, 2.45) is 4.99 Å². The maximum absolute atomic E-state index is 13.1. The molecule has 1 fully saturated rings. The van der Waals surface area contributed by atoms with Gasteiger partial charge in [-0.3, -0.25) is 4.99 Å². The van der Waals surface area contributed by atoms with Crippen molar-refractivity contribution < 1.29 is 12.8 Å². The van der Waals surface area contributed by atoms with Crippen LogP contribution in [0, 0.1) is 5.82 Å². The van der Waals surface area contributed by atoms with Crippen molar-refractivity contribution in [3.8, 4) is 0 Å². The molecule has 1 aliphatic rings. The molecule has 7 nitrogen and oxygen atoms in total. The van der Waals surface area contributed by atoms with E-state index in [-0.39, 0.29) is 5.82 Å². The third-order valence-corrected chi connectivity index (χ3v) is 6.13. The highest BCUT2D eigenvalue weighted by molar-refractivity contribution is 7.88. The predicted molar refractivity (Wildman–Crippen MR) is 113 cm³/mol. The molecule has 0 spiro atoms. The van der Waals surface area contributed by atoms with Gasteiger partial charge in [0.1, 0.15) is 5.82 Å². The van der Waals surface area contributed by atoms with Gasteiger partial charge in [0.15, 0.2) is 5.96 Å². The van der Waals surface area contributed by atoms with E-state index in [4.69, 9.17) is 0 Å². The molecule has 0 amide bonds. The highest BCUT2D eigenvalue weighted by Crippen LogP contribution is 2.17. The number of piperazine rings is 1. The first-order chi connectivity index (χ1) is 13.3. The van der Waals surface area contributed by atoms with Crippen LogP contribution in [-0.2, 0) is 10.0 Å². The third kappa shape index (κ3) is 6.63. The Morgan fingerprint density at radius 2 is 1.82 bits per heavy atom. The lowest BCUT2D eigenvalue weighted by Gasteiger charge is -2.37. The molecule has 9 heteroatoms. The van der Waals surface area contributed by atoms with Crippen LogP contribution in [0.15, 0.2) is 29.3 Å². The SMILES string of the molecule is CCNC(=NCCCN(CC)S(C)(=O)=O)N1CCN(c2ccc(F)cc2)CC1. The van der Waals surface area contributed by atoms with Crippen molar-refractivity contribution in [3.63, 3.8) is 0 Å². The topological polar surface area (TPSA) is 68.2 Å². The monoisotopic (exact) mass is 413 g/mol. The summed E-state index contributed by atoms with van der Waals surface area (Å²) in [4.78, 5) is 9.14. The molecule has 2 rings (SSSR count). The van der Waals surface area contributed by atoms with Crippen molar-refractivity contribution >= 4 is 21.7 Å². The van der Waals surface area contributed by atoms with Crippen molar-refractivity contribution in [3.05, 3.63) is 30.1 Å². The Bertz CT molecular complexity index is 731. The van der Waals surface area contributed by atoms with E-state index in [2.05, 4.69) is 20.1 Å². The van der Waals surface area contributed by atoms with E-state index in [0.29, 0.717) is 26.1 Å². The first kappa shape index (κ1) is 22.4. The second-order valence-corrected chi connectivity index (χ2v) is 8.78. The van der Waals surface area contributed by atoms with Crippen LogP contribution in [0.1, 0.15) is 20.3 Å². The first-order valence-electron chi connectivity index (χ1n) is 9.84. The van der Waals surface area contributed by atoms with Crippen LogP contribution >= 0.6 is 0 Å². The lowest BCUT2D eigenvalue weighted by atomic mass is 10.2. The molecule has 0 unspecified atom stereocenters. The Morgan fingerprint density at radius 1 is 1.18 bits per heavy atom. The molecule has 1 saturated heterocycles. The Labute approximate surface area is 168 Å². The average Bonchev–Trinajstić information content (AvgIpc) is 2.67. The lowest BCUT2D eigenvalue weighted by molar-refractivity contribution is 0.371. The summed E-state index contributed by atoms with van der Waals surface area (Å²) in [6.45, 7) is 9.53. The van der Waals surface area contributed by atoms with E-state index in [0.717, 1.165) is 44.4 Å². The summed E-state index contributed by atoms with van der Waals surface area (Å²) in [5.74, 6) is 0.644. The van der Waals surface area contributed by atoms with E-state index >= 15 is 0 Å². The largest absolute Gasteiger partial charge is 0.368 e. The van der Waals surface area contributed by atoms with Gasteiger partial charge in [0.25, 0.3) is 0 Å². The van der Waals surface area contributed by atoms with Crippen LogP contribution in [-0.4, -0.2) is 82.2 Å². The van der Waals surface area contributed by atoms with Crippen molar-refractivity contribution in [2.75, 3.05) is 63.5 Å². The zero-order chi connectivity index (χ0) is 20.6. The highest BCUT2D eigenvalue weighted by Gasteiger charge is 2.20. The van der Waals surface area contributed by atoms with Gasteiger partial charge in [-0.05, 0) is 37.6 Å². The van der Waals surface area contributed by atoms with E-state index in [1.807, 2.05) is 26.0 Å². The average molecular weight is 414 g/mol. The van der Waals surface area contributed by atoms with Gasteiger partial charge in [-0.25, -0.2) is 17.1 Å². The van der Waals surface area contributed by atoms with Crippen LogP contribution in [0.4, 0.5) is 10.1 Å². The molecule has 158 valence electrons. The Morgan fingerprint density at radius 3 is 2.36 bits per heavy atom. The smallest absolute Gasteiger partial charge is 0.211 e. The Hall–Kier alpha value is -1.87. The summed E-state index contributed by atoms with van der Waals surface area (Å²) in [5.41, 5.74) is 1.03. The number of guanidine groups is 1. The maximum atomic E-state index is 13.1. The molecule has 0 aromatic heterocycles. The summed E-state index contributed by atoms with van der Waals surface area (Å²) < 4.78 is 37.9. The number of aliphatic imine (C=N–C) groups is 1. The summed E-state index contributed by atoms with van der Waals surface area (Å²) in [7, 11) is -3.15. The Kier molecular flexibility index (Phi) is 8.50. The number of hydrogen-bond donors (Lipinski definition) is 1. The molecule has 1 heterocycles. The molecule has 1 aromatic rings. The molecule has 1 N–H and O–H groups in total. The molecule has 0 aliphatic carbocycles. The number of rotatable bonds is 8. The van der Waals surface area contributed by atoms with Crippen LogP contribution in [0.2, 0.25) is 0 Å². The third-order valence-electron chi connectivity index (χ3n) is 4.75. The summed E-state index contributed by atoms with van der Waals surface area (Å²) in [6, 6.07) is 6.60. The van der Waals surface area contributed by atoms with Gasteiger partial charge in [0, 0.05) is 58.0 Å². The number of nitrogens with zero attached hydrogens (tertiary/aromatic N) is 4. The lowest BCUT2D eigenvalue weighted by Crippen LogP contribution is -2.52. The van der Waals surface area contributed by atoms with Crippen LogP contribution < -0.4 is 10.2 Å². The minimum absolute atomic E-state index is 0.221. The molecular weight excluding hydrogens is 381 g/mol. The van der Waals surface area contributed by atoms with Crippen molar-refractivity contribution in [1.82, 2.24) is 14.5 Å². The van der Waals surface area contributed by atoms with Crippen molar-refractivity contribution in [1.29, 1.82) is 0 Å². The van der Waals surface area contributed by atoms with Gasteiger partial charge in [0.05, 0.1) is 6.26 Å². The standard InChI is InChI=1S/C19H32FN5O2S/c1-4-21-19(22-11-6-12-25(5-2)28(3,26)27)24-15-13-23(14-16-24)18-9-7-17(20)8-10-18/h7-10H,4-6,11-16H2,1-3H3,(H,21,22). The van der Waals surface area contributed by atoms with E-state index in [1.54, 1.807) is 0 Å². The number of halogens is 1. The zero-order valence-corrected chi connectivity index (χ0v) is 17.9. The number of sulfonamides is 1. The normalized spacial score (nSPS) is 16.0. The second kappa shape index (κ2) is 10.6. The number of benzene rings is 1. The van der Waals surface area contributed by atoms with Gasteiger partial charge in [-0.15, -0.1) is 0 Å². The summed E-state index contributed by atoms with van der Waals surface area (Å²) in [5, 5.41) is 3.32. The summed E-state index contributed by atoms with van der Waals surface area (Å²) >= 11 is 0. The maximum Gasteiger partial charge on any atom is 0.211 e. The second-order valence-electron chi connectivity index (χ2n) is 6.79. The highest BCUT2D eigenvalue weighted by atomic mass is 32.2. The predicted octanol–water partition coefficient (Wildman–Crippen LogP) is 1.58.